The number of nitrogens with zero attached hydrogens (tertiary/aromatic N) is 1. The van der Waals surface area contributed by atoms with Crippen molar-refractivity contribution in [2.75, 3.05) is 18.5 Å². The number of thiocarbonyl (C=S) groups is 1. The van der Waals surface area contributed by atoms with Crippen LogP contribution in [0, 0.1) is 5.41 Å². The number of hydrogen-bond acceptors (Lipinski definition) is 2. The standard InChI is InChI=1S/C13H19ClN2S/c1-13(2,3)8-16(4)10-7-5-6-9(14)11(10)12(15)17/h5-7H,8H2,1-4H3,(H2,15,17). The highest BCUT2D eigenvalue weighted by atomic mass is 35.5. The van der Waals surface area contributed by atoms with Crippen molar-refractivity contribution in [3.63, 3.8) is 0 Å². The molecule has 4 heteroatoms. The van der Waals surface area contributed by atoms with Crippen LogP contribution in [0.2, 0.25) is 5.02 Å². The van der Waals surface area contributed by atoms with E-state index in [1.54, 1.807) is 0 Å². The van der Waals surface area contributed by atoms with Crippen molar-refractivity contribution in [3.8, 4) is 0 Å². The Labute approximate surface area is 114 Å². The fraction of sp³-hybridized carbons (Fsp3) is 0.462. The van der Waals surface area contributed by atoms with Gasteiger partial charge in [0.1, 0.15) is 4.99 Å². The molecule has 0 aliphatic rings. The molecule has 0 unspecified atom stereocenters. The third-order valence-electron chi connectivity index (χ3n) is 2.36. The average Bonchev–Trinajstić information content (AvgIpc) is 2.13. The van der Waals surface area contributed by atoms with Crippen molar-refractivity contribution in [2.45, 2.75) is 20.8 Å². The highest BCUT2D eigenvalue weighted by Crippen LogP contribution is 2.28. The van der Waals surface area contributed by atoms with Crippen LogP contribution in [-0.4, -0.2) is 18.6 Å². The zero-order valence-electron chi connectivity index (χ0n) is 10.7. The van der Waals surface area contributed by atoms with E-state index in [1.807, 2.05) is 25.2 Å². The van der Waals surface area contributed by atoms with Gasteiger partial charge in [0.15, 0.2) is 0 Å². The monoisotopic (exact) mass is 270 g/mol. The molecule has 0 aromatic heterocycles. The molecule has 2 N–H and O–H groups in total. The minimum absolute atomic E-state index is 0.199. The number of halogens is 1. The molecule has 1 aromatic rings. The Morgan fingerprint density at radius 3 is 2.47 bits per heavy atom. The predicted octanol–water partition coefficient (Wildman–Crippen LogP) is 3.46. The lowest BCUT2D eigenvalue weighted by Crippen LogP contribution is -2.30. The van der Waals surface area contributed by atoms with Gasteiger partial charge in [-0.05, 0) is 17.5 Å². The largest absolute Gasteiger partial charge is 0.389 e. The van der Waals surface area contributed by atoms with Crippen molar-refractivity contribution < 1.29 is 0 Å². The molecule has 0 atom stereocenters. The number of anilines is 1. The third kappa shape index (κ3) is 3.86. The normalized spacial score (nSPS) is 11.4. The summed E-state index contributed by atoms with van der Waals surface area (Å²) in [5.74, 6) is 0. The molecule has 0 saturated heterocycles. The fourth-order valence-electron chi connectivity index (χ4n) is 1.87. The van der Waals surface area contributed by atoms with Gasteiger partial charge in [0, 0.05) is 19.3 Å². The van der Waals surface area contributed by atoms with Gasteiger partial charge in [-0.3, -0.25) is 0 Å². The molecule has 0 saturated carbocycles. The second-order valence-electron chi connectivity index (χ2n) is 5.41. The van der Waals surface area contributed by atoms with Crippen LogP contribution in [0.5, 0.6) is 0 Å². The molecule has 0 heterocycles. The summed E-state index contributed by atoms with van der Waals surface area (Å²) in [7, 11) is 2.03. The van der Waals surface area contributed by atoms with Crippen molar-refractivity contribution in [3.05, 3.63) is 28.8 Å². The Balaban J connectivity index is 3.13. The first kappa shape index (κ1) is 14.3. The second kappa shape index (κ2) is 5.23. The SMILES string of the molecule is CN(CC(C)(C)C)c1cccc(Cl)c1C(N)=S. The molecule has 1 aromatic carbocycles. The highest BCUT2D eigenvalue weighted by Gasteiger charge is 2.18. The lowest BCUT2D eigenvalue weighted by atomic mass is 9.95. The first-order valence-corrected chi connectivity index (χ1v) is 6.30. The van der Waals surface area contributed by atoms with Crippen LogP contribution in [0.15, 0.2) is 18.2 Å². The van der Waals surface area contributed by atoms with Crippen LogP contribution in [0.1, 0.15) is 26.3 Å². The molecule has 0 bridgehead atoms. The zero-order chi connectivity index (χ0) is 13.2. The molecular weight excluding hydrogens is 252 g/mol. The Bertz CT molecular complexity index is 424. The minimum atomic E-state index is 0.199. The summed E-state index contributed by atoms with van der Waals surface area (Å²) in [6.45, 7) is 7.47. The van der Waals surface area contributed by atoms with Crippen molar-refractivity contribution in [1.29, 1.82) is 0 Å². The van der Waals surface area contributed by atoms with Crippen LogP contribution < -0.4 is 10.6 Å². The summed E-state index contributed by atoms with van der Waals surface area (Å²) in [6, 6.07) is 5.72. The minimum Gasteiger partial charge on any atom is -0.389 e. The van der Waals surface area contributed by atoms with Crippen LogP contribution in [0.4, 0.5) is 5.69 Å². The van der Waals surface area contributed by atoms with Gasteiger partial charge in [-0.1, -0.05) is 50.7 Å². The van der Waals surface area contributed by atoms with Crippen LogP contribution in [-0.2, 0) is 0 Å². The summed E-state index contributed by atoms with van der Waals surface area (Å²) in [5.41, 5.74) is 7.68. The van der Waals surface area contributed by atoms with E-state index in [0.717, 1.165) is 17.8 Å². The van der Waals surface area contributed by atoms with E-state index in [0.29, 0.717) is 10.0 Å². The first-order chi connectivity index (χ1) is 7.72. The molecule has 0 fully saturated rings. The van der Waals surface area contributed by atoms with Crippen LogP contribution in [0.3, 0.4) is 0 Å². The molecule has 0 spiro atoms. The number of nitrogens with two attached hydrogens (primary N) is 1. The molecule has 2 nitrogen and oxygen atoms in total. The molecule has 0 radical (unpaired) electrons. The van der Waals surface area contributed by atoms with Crippen LogP contribution >= 0.6 is 23.8 Å². The topological polar surface area (TPSA) is 29.3 Å². The maximum atomic E-state index is 6.15. The number of hydrogen-bond donors (Lipinski definition) is 1. The van der Waals surface area contributed by atoms with Gasteiger partial charge in [-0.2, -0.15) is 0 Å². The van der Waals surface area contributed by atoms with Gasteiger partial charge in [-0.15, -0.1) is 0 Å². The van der Waals surface area contributed by atoms with E-state index in [9.17, 15) is 0 Å². The van der Waals surface area contributed by atoms with E-state index in [1.165, 1.54) is 0 Å². The summed E-state index contributed by atoms with van der Waals surface area (Å²) in [5, 5.41) is 0.607. The quantitative estimate of drug-likeness (QED) is 0.853. The van der Waals surface area contributed by atoms with Gasteiger partial charge in [0.05, 0.1) is 10.6 Å². The third-order valence-corrected chi connectivity index (χ3v) is 2.88. The Kier molecular flexibility index (Phi) is 4.39. The van der Waals surface area contributed by atoms with E-state index in [4.69, 9.17) is 29.6 Å². The zero-order valence-corrected chi connectivity index (χ0v) is 12.3. The van der Waals surface area contributed by atoms with Crippen molar-refractivity contribution in [2.24, 2.45) is 11.1 Å². The molecule has 94 valence electrons. The summed E-state index contributed by atoms with van der Waals surface area (Å²) in [6.07, 6.45) is 0. The van der Waals surface area contributed by atoms with Crippen molar-refractivity contribution >= 4 is 34.5 Å². The maximum absolute atomic E-state index is 6.15. The first-order valence-electron chi connectivity index (χ1n) is 5.52. The highest BCUT2D eigenvalue weighted by molar-refractivity contribution is 7.80. The van der Waals surface area contributed by atoms with Gasteiger partial charge in [0.25, 0.3) is 0 Å². The van der Waals surface area contributed by atoms with Gasteiger partial charge >= 0.3 is 0 Å². The Hall–Kier alpha value is -0.800. The van der Waals surface area contributed by atoms with E-state index in [-0.39, 0.29) is 5.41 Å². The summed E-state index contributed by atoms with van der Waals surface area (Å²) in [4.78, 5) is 2.48. The fourth-order valence-corrected chi connectivity index (χ4v) is 2.41. The second-order valence-corrected chi connectivity index (χ2v) is 6.26. The lowest BCUT2D eigenvalue weighted by Gasteiger charge is -2.30. The predicted molar refractivity (Wildman–Crippen MR) is 80.1 cm³/mol. The molecule has 0 aliphatic heterocycles. The average molecular weight is 271 g/mol. The van der Waals surface area contributed by atoms with Crippen LogP contribution in [0.25, 0.3) is 0 Å². The van der Waals surface area contributed by atoms with Gasteiger partial charge in [0.2, 0.25) is 0 Å². The smallest absolute Gasteiger partial charge is 0.107 e. The molecule has 0 amide bonds. The summed E-state index contributed by atoms with van der Waals surface area (Å²) >= 11 is 11.2. The van der Waals surface area contributed by atoms with Crippen molar-refractivity contribution in [1.82, 2.24) is 0 Å². The van der Waals surface area contributed by atoms with E-state index in [2.05, 4.69) is 25.7 Å². The summed E-state index contributed by atoms with van der Waals surface area (Å²) < 4.78 is 0. The molecule has 17 heavy (non-hydrogen) atoms. The van der Waals surface area contributed by atoms with E-state index < -0.39 is 0 Å². The molecular formula is C13H19ClN2S. The number of benzene rings is 1. The molecule has 1 rings (SSSR count). The van der Waals surface area contributed by atoms with E-state index >= 15 is 0 Å². The van der Waals surface area contributed by atoms with Gasteiger partial charge < -0.3 is 10.6 Å². The Morgan fingerprint density at radius 1 is 1.41 bits per heavy atom. The van der Waals surface area contributed by atoms with Gasteiger partial charge in [-0.25, -0.2) is 0 Å². The maximum Gasteiger partial charge on any atom is 0.107 e. The number of rotatable bonds is 3. The lowest BCUT2D eigenvalue weighted by molar-refractivity contribution is 0.419. The molecule has 0 aliphatic carbocycles. The Morgan fingerprint density at radius 2 is 2.00 bits per heavy atom.